The molecule has 140 valence electrons. The Hall–Kier alpha value is -3.35. The van der Waals surface area contributed by atoms with Crippen LogP contribution in [0.1, 0.15) is 11.1 Å². The second-order valence-corrected chi connectivity index (χ2v) is 6.47. The van der Waals surface area contributed by atoms with Gasteiger partial charge in [-0.1, -0.05) is 17.2 Å². The molecule has 27 heavy (non-hydrogen) atoms. The summed E-state index contributed by atoms with van der Waals surface area (Å²) in [6.45, 7) is 5.13. The summed E-state index contributed by atoms with van der Waals surface area (Å²) in [5, 5.41) is 6.20. The van der Waals surface area contributed by atoms with E-state index in [1.165, 1.54) is 6.07 Å². The first-order valence-corrected chi connectivity index (χ1v) is 8.67. The molecule has 0 unspecified atom stereocenters. The van der Waals surface area contributed by atoms with E-state index in [2.05, 4.69) is 38.8 Å². The monoisotopic (exact) mass is 366 g/mol. The summed E-state index contributed by atoms with van der Waals surface area (Å²) in [7, 11) is 0. The van der Waals surface area contributed by atoms with E-state index in [0.717, 1.165) is 22.4 Å². The Labute approximate surface area is 157 Å². The molecule has 0 amide bonds. The van der Waals surface area contributed by atoms with E-state index < -0.39 is 0 Å². The van der Waals surface area contributed by atoms with Crippen molar-refractivity contribution < 1.29 is 4.39 Å². The molecule has 2 aromatic carbocycles. The molecule has 0 saturated heterocycles. The molecule has 7 heteroatoms. The minimum absolute atomic E-state index is 0.201. The highest BCUT2D eigenvalue weighted by molar-refractivity contribution is 5.65. The van der Waals surface area contributed by atoms with Crippen LogP contribution in [0.15, 0.2) is 42.5 Å². The van der Waals surface area contributed by atoms with Gasteiger partial charge in [0.2, 0.25) is 5.95 Å². The molecule has 0 bridgehead atoms. The van der Waals surface area contributed by atoms with Crippen molar-refractivity contribution in [3.05, 3.63) is 59.4 Å². The molecule has 0 radical (unpaired) electrons. The Morgan fingerprint density at radius 1 is 0.889 bits per heavy atom. The quantitative estimate of drug-likeness (QED) is 0.393. The summed E-state index contributed by atoms with van der Waals surface area (Å²) < 4.78 is 13.8. The lowest BCUT2D eigenvalue weighted by molar-refractivity contribution is 0.631. The molecule has 3 aromatic rings. The zero-order chi connectivity index (χ0) is 19.4. The Bertz CT molecular complexity index is 937. The van der Waals surface area contributed by atoms with Crippen LogP contribution < -0.4 is 22.1 Å². The van der Waals surface area contributed by atoms with Gasteiger partial charge in [-0.2, -0.15) is 4.98 Å². The predicted octanol–water partition coefficient (Wildman–Crippen LogP) is 3.59. The number of nitrogen functional groups attached to an aromatic ring is 2. The highest BCUT2D eigenvalue weighted by Gasteiger charge is 2.07. The molecule has 0 spiro atoms. The van der Waals surface area contributed by atoms with Crippen molar-refractivity contribution in [3.63, 3.8) is 0 Å². The Kier molecular flexibility index (Phi) is 5.40. The number of nitrogens with two attached hydrogens (primary N) is 2. The van der Waals surface area contributed by atoms with E-state index in [9.17, 15) is 4.39 Å². The molecule has 0 fully saturated rings. The lowest BCUT2D eigenvalue weighted by Gasteiger charge is -2.11. The average Bonchev–Trinajstić information content (AvgIpc) is 2.59. The van der Waals surface area contributed by atoms with Gasteiger partial charge in [-0.05, 0) is 44.2 Å². The summed E-state index contributed by atoms with van der Waals surface area (Å²) in [4.78, 5) is 8.55. The fraction of sp³-hybridized carbons (Fsp3) is 0.200. The summed E-state index contributed by atoms with van der Waals surface area (Å²) in [6.07, 6.45) is 0. The van der Waals surface area contributed by atoms with Crippen LogP contribution in [0, 0.1) is 19.7 Å². The first-order valence-electron chi connectivity index (χ1n) is 8.67. The number of halogens is 1. The minimum atomic E-state index is -0.376. The highest BCUT2D eigenvalue weighted by atomic mass is 19.1. The summed E-state index contributed by atoms with van der Waals surface area (Å²) >= 11 is 0. The highest BCUT2D eigenvalue weighted by Crippen LogP contribution is 2.23. The van der Waals surface area contributed by atoms with Crippen LogP contribution >= 0.6 is 0 Å². The lowest BCUT2D eigenvalue weighted by Crippen LogP contribution is -2.15. The van der Waals surface area contributed by atoms with Crippen molar-refractivity contribution >= 4 is 23.1 Å². The maximum atomic E-state index is 13.8. The van der Waals surface area contributed by atoms with Crippen molar-refractivity contribution in [2.24, 2.45) is 0 Å². The van der Waals surface area contributed by atoms with Gasteiger partial charge in [0.05, 0.1) is 11.4 Å². The Morgan fingerprint density at radius 3 is 2.30 bits per heavy atom. The van der Waals surface area contributed by atoms with E-state index in [1.807, 2.05) is 19.9 Å². The average molecular weight is 366 g/mol. The van der Waals surface area contributed by atoms with Gasteiger partial charge in [0.1, 0.15) is 11.6 Å². The number of benzene rings is 2. The predicted molar refractivity (Wildman–Crippen MR) is 109 cm³/mol. The van der Waals surface area contributed by atoms with Crippen LogP contribution in [0.3, 0.4) is 0 Å². The van der Waals surface area contributed by atoms with Crippen molar-refractivity contribution in [1.82, 2.24) is 9.97 Å². The number of hydrogen-bond donors (Lipinski definition) is 4. The van der Waals surface area contributed by atoms with Gasteiger partial charge < -0.3 is 22.1 Å². The van der Waals surface area contributed by atoms with Crippen LogP contribution in [0.2, 0.25) is 0 Å². The fourth-order valence-electron chi connectivity index (χ4n) is 2.89. The second kappa shape index (κ2) is 7.90. The molecule has 0 aliphatic carbocycles. The van der Waals surface area contributed by atoms with Gasteiger partial charge >= 0.3 is 0 Å². The Morgan fingerprint density at radius 2 is 1.59 bits per heavy atom. The third-order valence-corrected chi connectivity index (χ3v) is 4.00. The fourth-order valence-corrected chi connectivity index (χ4v) is 2.89. The van der Waals surface area contributed by atoms with E-state index in [-0.39, 0.29) is 11.8 Å². The van der Waals surface area contributed by atoms with Crippen molar-refractivity contribution in [1.29, 1.82) is 0 Å². The topological polar surface area (TPSA) is 102 Å². The number of nitrogens with zero attached hydrogens (tertiary/aromatic N) is 2. The third kappa shape index (κ3) is 4.84. The molecule has 6 nitrogen and oxygen atoms in total. The van der Waals surface area contributed by atoms with E-state index in [0.29, 0.717) is 30.3 Å². The van der Waals surface area contributed by atoms with Gasteiger partial charge in [-0.25, -0.2) is 9.37 Å². The Balaban J connectivity index is 1.66. The van der Waals surface area contributed by atoms with Crippen molar-refractivity contribution in [2.45, 2.75) is 13.8 Å². The van der Waals surface area contributed by atoms with Gasteiger partial charge in [-0.3, -0.25) is 0 Å². The first-order chi connectivity index (χ1) is 12.9. The minimum Gasteiger partial charge on any atom is -0.399 e. The van der Waals surface area contributed by atoms with Crippen LogP contribution in [0.5, 0.6) is 0 Å². The summed E-state index contributed by atoms with van der Waals surface area (Å²) in [5.74, 6) is 0.446. The van der Waals surface area contributed by atoms with E-state index in [1.54, 1.807) is 12.1 Å². The normalized spacial score (nSPS) is 10.6. The van der Waals surface area contributed by atoms with Gasteiger partial charge in [-0.15, -0.1) is 0 Å². The third-order valence-electron chi connectivity index (χ3n) is 4.00. The number of hydrogen-bond acceptors (Lipinski definition) is 6. The van der Waals surface area contributed by atoms with E-state index >= 15 is 0 Å². The second-order valence-electron chi connectivity index (χ2n) is 6.47. The lowest BCUT2D eigenvalue weighted by atomic mass is 10.0. The first kappa shape index (κ1) is 18.4. The van der Waals surface area contributed by atoms with Crippen molar-refractivity contribution in [3.8, 4) is 11.3 Å². The van der Waals surface area contributed by atoms with Gasteiger partial charge in [0.15, 0.2) is 0 Å². The largest absolute Gasteiger partial charge is 0.399 e. The standard InChI is InChI=1S/C20H23FN6/c1-12-7-13(2)9-14(8-12)18-11-19(27-20(23)26-18)25-6-5-24-17-4-3-15(22)10-16(17)21/h3-4,7-11,24H,5-6,22H2,1-2H3,(H3,23,25,26,27). The smallest absolute Gasteiger partial charge is 0.222 e. The zero-order valence-corrected chi connectivity index (χ0v) is 15.4. The maximum Gasteiger partial charge on any atom is 0.222 e. The molecule has 1 aromatic heterocycles. The summed E-state index contributed by atoms with van der Waals surface area (Å²) in [6, 6.07) is 12.6. The van der Waals surface area contributed by atoms with Crippen molar-refractivity contribution in [2.75, 3.05) is 35.2 Å². The molecule has 1 heterocycles. The number of anilines is 4. The molecular weight excluding hydrogens is 343 g/mol. The van der Waals surface area contributed by atoms with Crippen LogP contribution in [-0.2, 0) is 0 Å². The SMILES string of the molecule is Cc1cc(C)cc(-c2cc(NCCNc3ccc(N)cc3F)nc(N)n2)c1. The molecule has 0 saturated carbocycles. The number of aromatic nitrogens is 2. The number of aryl methyl sites for hydroxylation is 2. The van der Waals surface area contributed by atoms with Gasteiger partial charge in [0.25, 0.3) is 0 Å². The molecule has 3 rings (SSSR count). The molecule has 0 aliphatic rings. The molecular formula is C20H23FN6. The number of rotatable bonds is 6. The number of nitrogens with one attached hydrogen (secondary N) is 2. The van der Waals surface area contributed by atoms with Crippen LogP contribution in [0.4, 0.5) is 27.5 Å². The zero-order valence-electron chi connectivity index (χ0n) is 15.4. The molecule has 0 aliphatic heterocycles. The van der Waals surface area contributed by atoms with Crippen LogP contribution in [-0.4, -0.2) is 23.1 Å². The van der Waals surface area contributed by atoms with E-state index in [4.69, 9.17) is 11.5 Å². The van der Waals surface area contributed by atoms with Crippen LogP contribution in [0.25, 0.3) is 11.3 Å². The van der Waals surface area contributed by atoms with Gasteiger partial charge in [0, 0.05) is 30.4 Å². The molecule has 0 atom stereocenters. The molecule has 6 N–H and O–H groups in total. The maximum absolute atomic E-state index is 13.8. The summed E-state index contributed by atoms with van der Waals surface area (Å²) in [5.41, 5.74) is 16.3.